The van der Waals surface area contributed by atoms with E-state index in [1.807, 2.05) is 29.2 Å². The van der Waals surface area contributed by atoms with E-state index in [-0.39, 0.29) is 23.5 Å². The van der Waals surface area contributed by atoms with E-state index in [1.165, 1.54) is 11.6 Å². The molecule has 1 fully saturated rings. The summed E-state index contributed by atoms with van der Waals surface area (Å²) in [5.74, 6) is -1.05. The number of benzene rings is 1. The Kier molecular flexibility index (Phi) is 4.64. The third-order valence-corrected chi connectivity index (χ3v) is 6.01. The Morgan fingerprint density at radius 1 is 1.24 bits per heavy atom. The van der Waals surface area contributed by atoms with Crippen molar-refractivity contribution in [2.24, 2.45) is 7.05 Å². The lowest BCUT2D eigenvalue weighted by Crippen LogP contribution is -2.44. The van der Waals surface area contributed by atoms with Crippen LogP contribution in [0, 0.1) is 0 Å². The summed E-state index contributed by atoms with van der Waals surface area (Å²) in [6, 6.07) is 7.76. The van der Waals surface area contributed by atoms with E-state index < -0.39 is 17.3 Å². The highest BCUT2D eigenvalue weighted by atomic mass is 16.5. The molecule has 0 amide bonds. The molecular formula is C21H23N3O5. The van der Waals surface area contributed by atoms with Gasteiger partial charge in [-0.1, -0.05) is 24.3 Å². The van der Waals surface area contributed by atoms with E-state index in [2.05, 4.69) is 4.98 Å². The molecule has 8 heteroatoms. The molecule has 1 saturated heterocycles. The summed E-state index contributed by atoms with van der Waals surface area (Å²) < 4.78 is 6.15. The highest BCUT2D eigenvalue weighted by molar-refractivity contribution is 6.02. The fraction of sp³-hybridized carbons (Fsp3) is 0.429. The Labute approximate surface area is 167 Å². The number of ketones is 1. The number of nitrogens with zero attached hydrogens (tertiary/aromatic N) is 3. The maximum Gasteiger partial charge on any atom is 0.361 e. The summed E-state index contributed by atoms with van der Waals surface area (Å²) in [6.45, 7) is 2.91. The van der Waals surface area contributed by atoms with Crippen molar-refractivity contribution in [3.8, 4) is 5.75 Å². The second-order valence-electron chi connectivity index (χ2n) is 7.61. The zero-order valence-corrected chi connectivity index (χ0v) is 16.5. The minimum absolute atomic E-state index is 0.115. The standard InChI is InChI=1S/C21H23N3O5/c1-3-29-19(28)16-17(26)18(27)23(2)20(22-16)24-10-8-21(9-11-24)12-15(25)13-6-4-5-7-14(13)21/h4-7,26H,3,8-12H2,1-2H3. The SMILES string of the molecule is CCOC(=O)c1nc(N2CCC3(CC2)CC(=O)c2ccccc23)n(C)c(=O)c1O. The molecule has 1 aliphatic carbocycles. The van der Waals surface area contributed by atoms with Crippen LogP contribution in [0.5, 0.6) is 5.75 Å². The summed E-state index contributed by atoms with van der Waals surface area (Å²) in [5, 5.41) is 10.1. The van der Waals surface area contributed by atoms with Crippen molar-refractivity contribution < 1.29 is 19.4 Å². The normalized spacial score (nSPS) is 17.4. The van der Waals surface area contributed by atoms with Gasteiger partial charge in [0, 0.05) is 37.5 Å². The Morgan fingerprint density at radius 3 is 2.62 bits per heavy atom. The smallest absolute Gasteiger partial charge is 0.361 e. The van der Waals surface area contributed by atoms with Crippen molar-refractivity contribution in [2.75, 3.05) is 24.6 Å². The Morgan fingerprint density at radius 2 is 1.93 bits per heavy atom. The van der Waals surface area contributed by atoms with E-state index in [4.69, 9.17) is 4.74 Å². The highest BCUT2D eigenvalue weighted by Crippen LogP contribution is 2.46. The molecule has 152 valence electrons. The Bertz CT molecular complexity index is 1050. The zero-order chi connectivity index (χ0) is 20.8. The minimum Gasteiger partial charge on any atom is -0.501 e. The molecule has 2 heterocycles. The van der Waals surface area contributed by atoms with E-state index in [1.54, 1.807) is 6.92 Å². The maximum absolute atomic E-state index is 12.5. The number of rotatable bonds is 3. The van der Waals surface area contributed by atoms with E-state index >= 15 is 0 Å². The fourth-order valence-corrected chi connectivity index (χ4v) is 4.47. The first kappa shape index (κ1) is 19.2. The van der Waals surface area contributed by atoms with Gasteiger partial charge in [0.05, 0.1) is 6.61 Å². The van der Waals surface area contributed by atoms with Crippen LogP contribution in [0.3, 0.4) is 0 Å². The third-order valence-electron chi connectivity index (χ3n) is 6.01. The van der Waals surface area contributed by atoms with Crippen molar-refractivity contribution in [2.45, 2.75) is 31.6 Å². The molecule has 1 aliphatic heterocycles. The van der Waals surface area contributed by atoms with Crippen LogP contribution in [0.2, 0.25) is 0 Å². The number of carbonyl (C=O) groups excluding carboxylic acids is 2. The summed E-state index contributed by atoms with van der Waals surface area (Å²) in [6.07, 6.45) is 1.97. The number of aromatic nitrogens is 2. The van der Waals surface area contributed by atoms with Crippen molar-refractivity contribution in [1.29, 1.82) is 0 Å². The minimum atomic E-state index is -0.826. The van der Waals surface area contributed by atoms with E-state index in [0.717, 1.165) is 24.0 Å². The summed E-state index contributed by atoms with van der Waals surface area (Å²) >= 11 is 0. The van der Waals surface area contributed by atoms with Gasteiger partial charge in [-0.2, -0.15) is 0 Å². The summed E-state index contributed by atoms with van der Waals surface area (Å²) in [7, 11) is 1.51. The average Bonchev–Trinajstić information content (AvgIpc) is 2.99. The van der Waals surface area contributed by atoms with Crippen LogP contribution in [0.4, 0.5) is 5.95 Å². The van der Waals surface area contributed by atoms with Gasteiger partial charge in [-0.15, -0.1) is 0 Å². The Hall–Kier alpha value is -3.16. The fourth-order valence-electron chi connectivity index (χ4n) is 4.47. The lowest BCUT2D eigenvalue weighted by Gasteiger charge is -2.40. The van der Waals surface area contributed by atoms with Gasteiger partial charge in [0.1, 0.15) is 0 Å². The number of piperidine rings is 1. The molecule has 0 atom stereocenters. The first-order valence-electron chi connectivity index (χ1n) is 9.73. The average molecular weight is 397 g/mol. The molecular weight excluding hydrogens is 374 g/mol. The van der Waals surface area contributed by atoms with Crippen LogP contribution in [0.25, 0.3) is 0 Å². The monoisotopic (exact) mass is 397 g/mol. The number of Topliss-reactive ketones (excluding diaryl/α,β-unsaturated/α-hetero) is 1. The number of fused-ring (bicyclic) bond motifs is 2. The number of carbonyl (C=O) groups is 2. The zero-order valence-electron chi connectivity index (χ0n) is 16.5. The predicted molar refractivity (Wildman–Crippen MR) is 106 cm³/mol. The molecule has 0 bridgehead atoms. The van der Waals surface area contributed by atoms with Gasteiger partial charge in [-0.25, -0.2) is 9.78 Å². The number of anilines is 1. The van der Waals surface area contributed by atoms with Crippen molar-refractivity contribution in [1.82, 2.24) is 9.55 Å². The lowest BCUT2D eigenvalue weighted by atomic mass is 9.74. The number of hydrogen-bond acceptors (Lipinski definition) is 7. The van der Waals surface area contributed by atoms with Gasteiger partial charge < -0.3 is 14.7 Å². The van der Waals surface area contributed by atoms with Crippen LogP contribution in [0.15, 0.2) is 29.1 Å². The molecule has 1 aromatic heterocycles. The van der Waals surface area contributed by atoms with Gasteiger partial charge in [0.25, 0.3) is 5.56 Å². The van der Waals surface area contributed by atoms with Crippen molar-refractivity contribution in [3.05, 3.63) is 51.4 Å². The first-order chi connectivity index (χ1) is 13.9. The Balaban J connectivity index is 1.64. The van der Waals surface area contributed by atoms with Gasteiger partial charge in [-0.05, 0) is 25.3 Å². The summed E-state index contributed by atoms with van der Waals surface area (Å²) in [5.41, 5.74) is 0.653. The maximum atomic E-state index is 12.5. The molecule has 1 aromatic carbocycles. The van der Waals surface area contributed by atoms with Gasteiger partial charge in [0.15, 0.2) is 11.5 Å². The molecule has 0 saturated carbocycles. The van der Waals surface area contributed by atoms with Crippen LogP contribution in [-0.2, 0) is 17.2 Å². The molecule has 1 spiro atoms. The molecule has 8 nitrogen and oxygen atoms in total. The second-order valence-corrected chi connectivity index (χ2v) is 7.61. The number of hydrogen-bond donors (Lipinski definition) is 1. The van der Waals surface area contributed by atoms with Gasteiger partial charge >= 0.3 is 5.97 Å². The van der Waals surface area contributed by atoms with Crippen molar-refractivity contribution >= 4 is 17.7 Å². The number of aromatic hydroxyl groups is 1. The third kappa shape index (κ3) is 2.99. The molecule has 0 radical (unpaired) electrons. The van der Waals surface area contributed by atoms with Gasteiger partial charge in [0.2, 0.25) is 11.7 Å². The highest BCUT2D eigenvalue weighted by Gasteiger charge is 2.45. The topological polar surface area (TPSA) is 102 Å². The van der Waals surface area contributed by atoms with Crippen LogP contribution in [-0.4, -0.2) is 46.1 Å². The molecule has 0 unspecified atom stereocenters. The predicted octanol–water partition coefficient (Wildman–Crippen LogP) is 1.79. The van der Waals surface area contributed by atoms with Crippen LogP contribution in [0.1, 0.15) is 52.6 Å². The molecule has 1 N–H and O–H groups in total. The molecule has 4 rings (SSSR count). The van der Waals surface area contributed by atoms with E-state index in [0.29, 0.717) is 25.5 Å². The van der Waals surface area contributed by atoms with Crippen LogP contribution < -0.4 is 10.5 Å². The lowest BCUT2D eigenvalue weighted by molar-refractivity contribution is 0.0514. The van der Waals surface area contributed by atoms with Crippen molar-refractivity contribution in [3.63, 3.8) is 0 Å². The largest absolute Gasteiger partial charge is 0.501 e. The quantitative estimate of drug-likeness (QED) is 0.788. The first-order valence-corrected chi connectivity index (χ1v) is 9.73. The van der Waals surface area contributed by atoms with E-state index in [9.17, 15) is 19.5 Å². The van der Waals surface area contributed by atoms with Gasteiger partial charge in [-0.3, -0.25) is 14.2 Å². The molecule has 2 aromatic rings. The number of ether oxygens (including phenoxy) is 1. The second kappa shape index (κ2) is 7.02. The molecule has 29 heavy (non-hydrogen) atoms. The number of esters is 1. The molecule has 2 aliphatic rings. The van der Waals surface area contributed by atoms with Crippen LogP contribution >= 0.6 is 0 Å². The summed E-state index contributed by atoms with van der Waals surface area (Å²) in [4.78, 5) is 43.1.